The molecule has 3 fully saturated rings. The van der Waals surface area contributed by atoms with E-state index in [4.69, 9.17) is 9.47 Å². The molecule has 3 aliphatic rings. The summed E-state index contributed by atoms with van der Waals surface area (Å²) in [6, 6.07) is 10.0. The monoisotopic (exact) mass is 381 g/mol. The smallest absolute Gasteiger partial charge is 0.254 e. The second-order valence-electron chi connectivity index (χ2n) is 7.69. The molecule has 148 valence electrons. The molecule has 1 aromatic carbocycles. The highest BCUT2D eigenvalue weighted by molar-refractivity contribution is 5.94. The fraction of sp³-hybridized carbons (Fsp3) is 0.455. The molecule has 1 aromatic heterocycles. The molecule has 0 aliphatic carbocycles. The lowest BCUT2D eigenvalue weighted by atomic mass is 9.94. The highest BCUT2D eigenvalue weighted by Gasteiger charge is 2.36. The van der Waals surface area contributed by atoms with E-state index in [1.807, 2.05) is 11.0 Å². The first-order chi connectivity index (χ1) is 13.7. The SMILES string of the molecule is COc1cc(CN2C[C@H]3CC[C@@H]2CN(C(=O)c2ccncc2)C3)cc(OC)c1. The Hall–Kier alpha value is -2.60. The van der Waals surface area contributed by atoms with Crippen LogP contribution in [0.1, 0.15) is 28.8 Å². The Bertz CT molecular complexity index is 805. The number of fused-ring (bicyclic) bond motifs is 4. The highest BCUT2D eigenvalue weighted by Crippen LogP contribution is 2.31. The molecule has 4 heterocycles. The van der Waals surface area contributed by atoms with Crippen LogP contribution >= 0.6 is 0 Å². The Balaban J connectivity index is 1.50. The summed E-state index contributed by atoms with van der Waals surface area (Å²) in [5.41, 5.74) is 1.90. The second-order valence-corrected chi connectivity index (χ2v) is 7.69. The number of amides is 1. The minimum Gasteiger partial charge on any atom is -0.497 e. The molecule has 0 saturated carbocycles. The maximum Gasteiger partial charge on any atom is 0.254 e. The summed E-state index contributed by atoms with van der Waals surface area (Å²) in [6.07, 6.45) is 5.68. The number of piperidine rings is 1. The second kappa shape index (κ2) is 8.19. The molecule has 6 heteroatoms. The van der Waals surface area contributed by atoms with Crippen LogP contribution in [0, 0.1) is 5.92 Å². The predicted molar refractivity (Wildman–Crippen MR) is 107 cm³/mol. The van der Waals surface area contributed by atoms with Gasteiger partial charge in [0, 0.05) is 56.2 Å². The van der Waals surface area contributed by atoms with Crippen molar-refractivity contribution in [1.82, 2.24) is 14.8 Å². The van der Waals surface area contributed by atoms with Crippen molar-refractivity contribution in [1.29, 1.82) is 0 Å². The van der Waals surface area contributed by atoms with Crippen molar-refractivity contribution in [2.75, 3.05) is 33.9 Å². The Kier molecular flexibility index (Phi) is 5.48. The normalized spacial score (nSPS) is 22.0. The van der Waals surface area contributed by atoms with Gasteiger partial charge in [0.05, 0.1) is 14.2 Å². The van der Waals surface area contributed by atoms with Crippen molar-refractivity contribution in [3.63, 3.8) is 0 Å². The lowest BCUT2D eigenvalue weighted by molar-refractivity contribution is 0.0736. The van der Waals surface area contributed by atoms with Crippen molar-refractivity contribution in [2.24, 2.45) is 5.92 Å². The van der Waals surface area contributed by atoms with E-state index in [0.717, 1.165) is 49.7 Å². The van der Waals surface area contributed by atoms with Crippen LogP contribution in [0.25, 0.3) is 0 Å². The third-order valence-corrected chi connectivity index (χ3v) is 5.84. The molecule has 0 unspecified atom stereocenters. The topological polar surface area (TPSA) is 54.9 Å². The van der Waals surface area contributed by atoms with Crippen LogP contribution < -0.4 is 9.47 Å². The van der Waals surface area contributed by atoms with Gasteiger partial charge in [-0.2, -0.15) is 0 Å². The molecule has 28 heavy (non-hydrogen) atoms. The van der Waals surface area contributed by atoms with E-state index in [9.17, 15) is 4.79 Å². The summed E-state index contributed by atoms with van der Waals surface area (Å²) in [5.74, 6) is 2.24. The highest BCUT2D eigenvalue weighted by atomic mass is 16.5. The van der Waals surface area contributed by atoms with Crippen LogP contribution in [0.4, 0.5) is 0 Å². The summed E-state index contributed by atoms with van der Waals surface area (Å²) in [4.78, 5) is 21.5. The number of aromatic nitrogens is 1. The molecule has 2 bridgehead atoms. The Morgan fingerprint density at radius 1 is 1.04 bits per heavy atom. The van der Waals surface area contributed by atoms with Gasteiger partial charge in [0.15, 0.2) is 0 Å². The van der Waals surface area contributed by atoms with Gasteiger partial charge in [-0.25, -0.2) is 0 Å². The standard InChI is InChI=1S/C22H27N3O3/c1-27-20-9-17(10-21(11-20)28-2)14-24-12-16-3-4-19(24)15-25(13-16)22(26)18-5-7-23-8-6-18/h5-11,16,19H,3-4,12-15H2,1-2H3/t16-,19-/m1/s1. The zero-order valence-electron chi connectivity index (χ0n) is 16.5. The van der Waals surface area contributed by atoms with Gasteiger partial charge in [-0.3, -0.25) is 14.7 Å². The maximum atomic E-state index is 12.9. The Morgan fingerprint density at radius 2 is 1.75 bits per heavy atom. The van der Waals surface area contributed by atoms with Gasteiger partial charge in [-0.05, 0) is 48.6 Å². The summed E-state index contributed by atoms with van der Waals surface area (Å²) in [5, 5.41) is 0. The number of carbonyl (C=O) groups is 1. The quantitative estimate of drug-likeness (QED) is 0.797. The summed E-state index contributed by atoms with van der Waals surface area (Å²) in [7, 11) is 3.35. The molecule has 5 rings (SSSR count). The number of hydrogen-bond donors (Lipinski definition) is 0. The molecule has 2 atom stereocenters. The van der Waals surface area contributed by atoms with Crippen LogP contribution in [0.5, 0.6) is 11.5 Å². The van der Waals surface area contributed by atoms with E-state index >= 15 is 0 Å². The Labute approximate surface area is 166 Å². The zero-order chi connectivity index (χ0) is 19.5. The Morgan fingerprint density at radius 3 is 2.43 bits per heavy atom. The molecular formula is C22H27N3O3. The van der Waals surface area contributed by atoms with Crippen LogP contribution in [-0.2, 0) is 6.54 Å². The molecule has 6 nitrogen and oxygen atoms in total. The van der Waals surface area contributed by atoms with Crippen LogP contribution in [0.2, 0.25) is 0 Å². The van der Waals surface area contributed by atoms with Crippen molar-refractivity contribution >= 4 is 5.91 Å². The molecule has 3 saturated heterocycles. The van der Waals surface area contributed by atoms with Crippen LogP contribution in [0.3, 0.4) is 0 Å². The maximum absolute atomic E-state index is 12.9. The number of carbonyl (C=O) groups excluding carboxylic acids is 1. The molecule has 0 radical (unpaired) electrons. The fourth-order valence-electron chi connectivity index (χ4n) is 4.41. The van der Waals surface area contributed by atoms with Crippen molar-refractivity contribution in [3.05, 3.63) is 53.9 Å². The molecule has 0 N–H and O–H groups in total. The lowest BCUT2D eigenvalue weighted by Crippen LogP contribution is -2.43. The summed E-state index contributed by atoms with van der Waals surface area (Å²) >= 11 is 0. The van der Waals surface area contributed by atoms with E-state index in [0.29, 0.717) is 12.0 Å². The van der Waals surface area contributed by atoms with Crippen molar-refractivity contribution < 1.29 is 14.3 Å². The van der Waals surface area contributed by atoms with Crippen molar-refractivity contribution in [2.45, 2.75) is 25.4 Å². The summed E-state index contributed by atoms with van der Waals surface area (Å²) in [6.45, 7) is 3.46. The van der Waals surface area contributed by atoms with Crippen molar-refractivity contribution in [3.8, 4) is 11.5 Å². The van der Waals surface area contributed by atoms with Gasteiger partial charge in [0.2, 0.25) is 0 Å². The van der Waals surface area contributed by atoms with E-state index in [2.05, 4.69) is 22.0 Å². The van der Waals surface area contributed by atoms with E-state index in [-0.39, 0.29) is 5.91 Å². The minimum absolute atomic E-state index is 0.115. The first-order valence-corrected chi connectivity index (χ1v) is 9.81. The number of rotatable bonds is 5. The van der Waals surface area contributed by atoms with Gasteiger partial charge in [-0.15, -0.1) is 0 Å². The third-order valence-electron chi connectivity index (χ3n) is 5.84. The number of hydrogen-bond acceptors (Lipinski definition) is 5. The van der Waals surface area contributed by atoms with E-state index in [1.54, 1.807) is 38.7 Å². The number of pyridine rings is 1. The molecule has 3 aliphatic heterocycles. The van der Waals surface area contributed by atoms with Gasteiger partial charge >= 0.3 is 0 Å². The lowest BCUT2D eigenvalue weighted by Gasteiger charge is -2.36. The predicted octanol–water partition coefficient (Wildman–Crippen LogP) is 2.84. The van der Waals surface area contributed by atoms with Gasteiger partial charge in [-0.1, -0.05) is 0 Å². The molecular weight excluding hydrogens is 354 g/mol. The molecule has 0 spiro atoms. The number of nitrogens with zero attached hydrogens (tertiary/aromatic N) is 3. The third kappa shape index (κ3) is 3.97. The number of ether oxygens (including phenoxy) is 2. The number of methoxy groups -OCH3 is 2. The largest absolute Gasteiger partial charge is 0.497 e. The van der Waals surface area contributed by atoms with E-state index < -0.39 is 0 Å². The first-order valence-electron chi connectivity index (χ1n) is 9.81. The van der Waals surface area contributed by atoms with Crippen LogP contribution in [0.15, 0.2) is 42.7 Å². The minimum atomic E-state index is 0.115. The zero-order valence-corrected chi connectivity index (χ0v) is 16.5. The van der Waals surface area contributed by atoms with Gasteiger partial charge in [0.25, 0.3) is 5.91 Å². The first kappa shape index (κ1) is 18.7. The average Bonchev–Trinajstić information content (AvgIpc) is 3.05. The average molecular weight is 381 g/mol. The van der Waals surface area contributed by atoms with Gasteiger partial charge < -0.3 is 14.4 Å². The van der Waals surface area contributed by atoms with E-state index in [1.165, 1.54) is 12.0 Å². The molecule has 2 aromatic rings. The molecule has 1 amide bonds. The van der Waals surface area contributed by atoms with Gasteiger partial charge in [0.1, 0.15) is 11.5 Å². The summed E-state index contributed by atoms with van der Waals surface area (Å²) < 4.78 is 10.8. The number of benzene rings is 1. The fourth-order valence-corrected chi connectivity index (χ4v) is 4.41. The van der Waals surface area contributed by atoms with Crippen LogP contribution in [-0.4, -0.2) is 60.6 Å².